The number of nitrogens with one attached hydrogen (secondary N) is 1. The third-order valence-corrected chi connectivity index (χ3v) is 11.1. The first kappa shape index (κ1) is 34.0. The summed E-state index contributed by atoms with van der Waals surface area (Å²) in [6.45, 7) is -0.678. The van der Waals surface area contributed by atoms with Crippen molar-refractivity contribution < 1.29 is 18.0 Å². The molecule has 46 heavy (non-hydrogen) atoms. The lowest BCUT2D eigenvalue weighted by molar-refractivity contribution is -0.140. The molecule has 4 aromatic carbocycles. The smallest absolute Gasteiger partial charge is 0.264 e. The third-order valence-electron chi connectivity index (χ3n) is 8.07. The van der Waals surface area contributed by atoms with Crippen LogP contribution in [0.5, 0.6) is 0 Å². The highest BCUT2D eigenvalue weighted by molar-refractivity contribution is 9.10. The summed E-state index contributed by atoms with van der Waals surface area (Å²) < 4.78 is 29.9. The Morgan fingerprint density at radius 1 is 0.848 bits per heavy atom. The first-order valence-corrected chi connectivity index (χ1v) is 18.0. The molecule has 0 spiro atoms. The first-order chi connectivity index (χ1) is 22.1. The van der Waals surface area contributed by atoms with Gasteiger partial charge in [0.25, 0.3) is 10.0 Å². The lowest BCUT2D eigenvalue weighted by atomic mass is 10.0. The van der Waals surface area contributed by atoms with Gasteiger partial charge in [-0.1, -0.05) is 113 Å². The number of anilines is 1. The zero-order chi connectivity index (χ0) is 32.7. The molecule has 1 N–H and O–H groups in total. The lowest BCUT2D eigenvalue weighted by Crippen LogP contribution is -2.54. The summed E-state index contributed by atoms with van der Waals surface area (Å²) in [5.41, 5.74) is 1.60. The van der Waals surface area contributed by atoms with E-state index in [0.29, 0.717) is 20.1 Å². The summed E-state index contributed by atoms with van der Waals surface area (Å²) in [6.07, 6.45) is 3.96. The number of rotatable bonds is 12. The van der Waals surface area contributed by atoms with Gasteiger partial charge in [0.2, 0.25) is 11.8 Å². The molecule has 1 aliphatic rings. The SMILES string of the molecule is O=C(NC1CCCC1)[C@@H](Cc1ccccc1)N(Cc1c(Cl)cccc1Cl)C(=O)CN(c1cccc(Br)c1)S(=O)(=O)c1ccccc1. The first-order valence-electron chi connectivity index (χ1n) is 15.0. The largest absolute Gasteiger partial charge is 0.352 e. The van der Waals surface area contributed by atoms with E-state index < -0.39 is 28.5 Å². The number of amides is 2. The van der Waals surface area contributed by atoms with E-state index >= 15 is 0 Å². The third kappa shape index (κ3) is 8.31. The molecule has 0 heterocycles. The molecule has 240 valence electrons. The highest BCUT2D eigenvalue weighted by Gasteiger charge is 2.36. The van der Waals surface area contributed by atoms with Crippen LogP contribution in [0.25, 0.3) is 0 Å². The number of carbonyl (C=O) groups is 2. The van der Waals surface area contributed by atoms with E-state index in [2.05, 4.69) is 21.2 Å². The van der Waals surface area contributed by atoms with Crippen LogP contribution in [-0.4, -0.2) is 43.8 Å². The summed E-state index contributed by atoms with van der Waals surface area (Å²) >= 11 is 16.6. The van der Waals surface area contributed by atoms with Crippen LogP contribution in [-0.2, 0) is 32.6 Å². The Kier molecular flexibility index (Phi) is 11.4. The Balaban J connectivity index is 1.59. The maximum atomic E-state index is 14.6. The average Bonchev–Trinajstić information content (AvgIpc) is 3.56. The van der Waals surface area contributed by atoms with Gasteiger partial charge in [-0.05, 0) is 60.9 Å². The standard InChI is InChI=1S/C35H34BrCl2N3O4S/c36-26-13-9-16-28(22-26)41(46(44,45)29-17-5-2-6-18-29)24-34(42)40(23-30-31(37)19-10-20-32(30)38)33(21-25-11-3-1-4-12-25)35(43)39-27-14-7-8-15-27/h1-6,9-13,16-20,22,27,33H,7-8,14-15,21,23-24H2,(H,39,43)/t33-/m1/s1. The van der Waals surface area contributed by atoms with Gasteiger partial charge in [-0.15, -0.1) is 0 Å². The number of halogens is 3. The van der Waals surface area contributed by atoms with Crippen LogP contribution >= 0.6 is 39.1 Å². The normalized spacial score (nSPS) is 14.1. The summed E-state index contributed by atoms with van der Waals surface area (Å²) in [7, 11) is -4.20. The quantitative estimate of drug-likeness (QED) is 0.162. The Bertz CT molecular complexity index is 1750. The van der Waals surface area contributed by atoms with Crippen molar-refractivity contribution in [3.63, 3.8) is 0 Å². The van der Waals surface area contributed by atoms with Crippen molar-refractivity contribution in [2.45, 2.75) is 55.6 Å². The van der Waals surface area contributed by atoms with Crippen molar-refractivity contribution >= 4 is 66.7 Å². The van der Waals surface area contributed by atoms with Gasteiger partial charge in [0.1, 0.15) is 12.6 Å². The van der Waals surface area contributed by atoms with Gasteiger partial charge in [0.15, 0.2) is 0 Å². The minimum Gasteiger partial charge on any atom is -0.352 e. The topological polar surface area (TPSA) is 86.8 Å². The molecular weight excluding hydrogens is 709 g/mol. The zero-order valence-corrected chi connectivity index (χ0v) is 28.9. The Morgan fingerprint density at radius 2 is 1.46 bits per heavy atom. The summed E-state index contributed by atoms with van der Waals surface area (Å²) in [6, 6.07) is 28.2. The molecule has 0 aromatic heterocycles. The zero-order valence-electron chi connectivity index (χ0n) is 25.0. The monoisotopic (exact) mass is 741 g/mol. The lowest BCUT2D eigenvalue weighted by Gasteiger charge is -2.34. The molecule has 5 rings (SSSR count). The fourth-order valence-electron chi connectivity index (χ4n) is 5.65. The van der Waals surface area contributed by atoms with Crippen molar-refractivity contribution in [3.05, 3.63) is 129 Å². The van der Waals surface area contributed by atoms with Crippen LogP contribution in [0.4, 0.5) is 5.69 Å². The Hall–Kier alpha value is -3.37. The van der Waals surface area contributed by atoms with Gasteiger partial charge < -0.3 is 10.2 Å². The minimum atomic E-state index is -4.20. The fraction of sp³-hybridized carbons (Fsp3) is 0.257. The second-order valence-electron chi connectivity index (χ2n) is 11.2. The number of hydrogen-bond acceptors (Lipinski definition) is 4. The fourth-order valence-corrected chi connectivity index (χ4v) is 7.99. The second kappa shape index (κ2) is 15.5. The Morgan fingerprint density at radius 3 is 2.09 bits per heavy atom. The van der Waals surface area contributed by atoms with Crippen LogP contribution in [0.1, 0.15) is 36.8 Å². The van der Waals surface area contributed by atoms with Crippen LogP contribution in [0, 0.1) is 0 Å². The molecule has 0 saturated heterocycles. The number of benzene rings is 4. The van der Waals surface area contributed by atoms with Gasteiger partial charge in [-0.3, -0.25) is 13.9 Å². The van der Waals surface area contributed by atoms with Crippen molar-refractivity contribution in [1.29, 1.82) is 0 Å². The minimum absolute atomic E-state index is 0.00301. The molecular formula is C35H34BrCl2N3O4S. The summed E-state index contributed by atoms with van der Waals surface area (Å²) in [5.74, 6) is -0.898. The molecule has 0 aliphatic heterocycles. The van der Waals surface area contributed by atoms with Gasteiger partial charge in [0, 0.05) is 39.1 Å². The predicted molar refractivity (Wildman–Crippen MR) is 186 cm³/mol. The molecule has 0 bridgehead atoms. The van der Waals surface area contributed by atoms with E-state index in [0.717, 1.165) is 35.6 Å². The number of sulfonamides is 1. The molecule has 1 aliphatic carbocycles. The average molecular weight is 744 g/mol. The molecule has 0 radical (unpaired) electrons. The second-order valence-corrected chi connectivity index (χ2v) is 14.8. The van der Waals surface area contributed by atoms with Crippen LogP contribution in [0.3, 0.4) is 0 Å². The van der Waals surface area contributed by atoms with Crippen molar-refractivity contribution in [2.24, 2.45) is 0 Å². The molecule has 1 fully saturated rings. The molecule has 1 atom stereocenters. The molecule has 7 nitrogen and oxygen atoms in total. The van der Waals surface area contributed by atoms with Gasteiger partial charge in [-0.2, -0.15) is 0 Å². The van der Waals surface area contributed by atoms with E-state index in [4.69, 9.17) is 23.2 Å². The van der Waals surface area contributed by atoms with Crippen molar-refractivity contribution in [1.82, 2.24) is 10.2 Å². The predicted octanol–water partition coefficient (Wildman–Crippen LogP) is 7.65. The van der Waals surface area contributed by atoms with Gasteiger partial charge >= 0.3 is 0 Å². The van der Waals surface area contributed by atoms with E-state index in [1.165, 1.54) is 17.0 Å². The maximum Gasteiger partial charge on any atom is 0.264 e. The number of hydrogen-bond donors (Lipinski definition) is 1. The molecule has 2 amide bonds. The van der Waals surface area contributed by atoms with Gasteiger partial charge in [-0.25, -0.2) is 8.42 Å². The summed E-state index contributed by atoms with van der Waals surface area (Å²) in [5, 5.41) is 3.83. The number of nitrogens with zero attached hydrogens (tertiary/aromatic N) is 2. The van der Waals surface area contributed by atoms with Crippen LogP contribution in [0.2, 0.25) is 10.0 Å². The van der Waals surface area contributed by atoms with E-state index in [1.807, 2.05) is 30.3 Å². The van der Waals surface area contributed by atoms with Gasteiger partial charge in [0.05, 0.1) is 10.6 Å². The highest BCUT2D eigenvalue weighted by atomic mass is 79.9. The summed E-state index contributed by atoms with van der Waals surface area (Å²) in [4.78, 5) is 30.2. The van der Waals surface area contributed by atoms with E-state index in [1.54, 1.807) is 60.7 Å². The van der Waals surface area contributed by atoms with E-state index in [9.17, 15) is 18.0 Å². The van der Waals surface area contributed by atoms with Crippen LogP contribution < -0.4 is 9.62 Å². The maximum absolute atomic E-state index is 14.6. The number of carbonyl (C=O) groups excluding carboxylic acids is 2. The molecule has 11 heteroatoms. The molecule has 4 aromatic rings. The van der Waals surface area contributed by atoms with E-state index in [-0.39, 0.29) is 35.5 Å². The Labute approximate surface area is 288 Å². The molecule has 1 saturated carbocycles. The van der Waals surface area contributed by atoms with Crippen LogP contribution in [0.15, 0.2) is 112 Å². The van der Waals surface area contributed by atoms with Crippen molar-refractivity contribution in [2.75, 3.05) is 10.8 Å². The van der Waals surface area contributed by atoms with Crippen molar-refractivity contribution in [3.8, 4) is 0 Å². The highest BCUT2D eigenvalue weighted by Crippen LogP contribution is 2.30. The molecule has 0 unspecified atom stereocenters.